The normalized spacial score (nSPS) is 17.6. The van der Waals surface area contributed by atoms with Gasteiger partial charge in [-0.3, -0.25) is 9.78 Å². The highest BCUT2D eigenvalue weighted by atomic mass is 16.5. The molecule has 0 radical (unpaired) electrons. The van der Waals surface area contributed by atoms with Gasteiger partial charge in [0.15, 0.2) is 0 Å². The Morgan fingerprint density at radius 1 is 1.25 bits per heavy atom. The van der Waals surface area contributed by atoms with Crippen LogP contribution in [0.1, 0.15) is 28.6 Å². The van der Waals surface area contributed by atoms with E-state index >= 15 is 0 Å². The van der Waals surface area contributed by atoms with Gasteiger partial charge in [-0.05, 0) is 24.6 Å². The average molecular weight is 268 g/mol. The average Bonchev–Trinajstić information content (AvgIpc) is 2.54. The quantitative estimate of drug-likeness (QED) is 0.841. The van der Waals surface area contributed by atoms with Crippen LogP contribution in [-0.2, 0) is 4.74 Å². The van der Waals surface area contributed by atoms with Crippen molar-refractivity contribution in [3.05, 3.63) is 59.9 Å². The van der Waals surface area contributed by atoms with Gasteiger partial charge in [0.25, 0.3) is 5.91 Å². The Balaban J connectivity index is 1.98. The molecule has 20 heavy (non-hydrogen) atoms. The van der Waals surface area contributed by atoms with E-state index in [1.165, 1.54) is 0 Å². The van der Waals surface area contributed by atoms with Crippen LogP contribution < -0.4 is 4.90 Å². The fourth-order valence-electron chi connectivity index (χ4n) is 2.61. The molecule has 0 saturated carbocycles. The molecule has 1 aromatic heterocycles. The molecule has 0 saturated heterocycles. The first-order chi connectivity index (χ1) is 9.81. The second-order valence-corrected chi connectivity index (χ2v) is 4.74. The van der Waals surface area contributed by atoms with Crippen molar-refractivity contribution in [2.45, 2.75) is 12.5 Å². The molecule has 0 spiro atoms. The van der Waals surface area contributed by atoms with Crippen LogP contribution in [-0.4, -0.2) is 24.5 Å². The molecule has 3 rings (SSSR count). The van der Waals surface area contributed by atoms with E-state index in [0.29, 0.717) is 12.2 Å². The highest BCUT2D eigenvalue weighted by Gasteiger charge is 2.29. The lowest BCUT2D eigenvalue weighted by molar-refractivity contribution is 0.0866. The third-order valence-corrected chi connectivity index (χ3v) is 3.60. The van der Waals surface area contributed by atoms with Gasteiger partial charge in [0.05, 0.1) is 6.10 Å². The third-order valence-electron chi connectivity index (χ3n) is 3.60. The van der Waals surface area contributed by atoms with Crippen molar-refractivity contribution in [3.8, 4) is 0 Å². The summed E-state index contributed by atoms with van der Waals surface area (Å²) in [5.41, 5.74) is 2.45. The number of carbonyl (C=O) groups excluding carboxylic acids is 1. The van der Waals surface area contributed by atoms with Crippen LogP contribution in [0.4, 0.5) is 5.69 Å². The number of nitrogens with zero attached hydrogens (tertiary/aromatic N) is 2. The zero-order valence-electron chi connectivity index (χ0n) is 11.3. The van der Waals surface area contributed by atoms with Gasteiger partial charge in [-0.25, -0.2) is 0 Å². The Labute approximate surface area is 118 Å². The molecule has 1 atom stereocenters. The van der Waals surface area contributed by atoms with Gasteiger partial charge in [-0.2, -0.15) is 0 Å². The van der Waals surface area contributed by atoms with E-state index < -0.39 is 0 Å². The van der Waals surface area contributed by atoms with Crippen molar-refractivity contribution in [2.24, 2.45) is 0 Å². The molecule has 1 aliphatic heterocycles. The van der Waals surface area contributed by atoms with E-state index in [2.05, 4.69) is 4.98 Å². The monoisotopic (exact) mass is 268 g/mol. The number of ether oxygens (including phenoxy) is 1. The summed E-state index contributed by atoms with van der Waals surface area (Å²) in [6.45, 7) is 0.644. The summed E-state index contributed by atoms with van der Waals surface area (Å²) < 4.78 is 5.50. The molecule has 0 fully saturated rings. The molecule has 1 aromatic carbocycles. The summed E-state index contributed by atoms with van der Waals surface area (Å²) in [6, 6.07) is 13.3. The number of hydrogen-bond acceptors (Lipinski definition) is 3. The van der Waals surface area contributed by atoms with Crippen molar-refractivity contribution in [2.75, 3.05) is 18.6 Å². The zero-order valence-corrected chi connectivity index (χ0v) is 11.3. The second kappa shape index (κ2) is 5.43. The highest BCUT2D eigenvalue weighted by molar-refractivity contribution is 6.05. The van der Waals surface area contributed by atoms with Crippen LogP contribution in [0.3, 0.4) is 0 Å². The molecule has 102 valence electrons. The zero-order chi connectivity index (χ0) is 13.9. The molecule has 2 aromatic rings. The molecule has 0 bridgehead atoms. The minimum absolute atomic E-state index is 0.0546. The first kappa shape index (κ1) is 12.8. The summed E-state index contributed by atoms with van der Waals surface area (Å²) in [5, 5.41) is 0. The van der Waals surface area contributed by atoms with Gasteiger partial charge in [-0.15, -0.1) is 0 Å². The maximum Gasteiger partial charge on any atom is 0.276 e. The van der Waals surface area contributed by atoms with Crippen molar-refractivity contribution >= 4 is 11.6 Å². The fourth-order valence-corrected chi connectivity index (χ4v) is 2.61. The van der Waals surface area contributed by atoms with Crippen LogP contribution in [0.15, 0.2) is 48.7 Å². The molecule has 4 nitrogen and oxygen atoms in total. The fraction of sp³-hybridized carbons (Fsp3) is 0.250. The van der Waals surface area contributed by atoms with E-state index in [9.17, 15) is 4.79 Å². The van der Waals surface area contributed by atoms with Gasteiger partial charge in [0.2, 0.25) is 0 Å². The van der Waals surface area contributed by atoms with Gasteiger partial charge in [0, 0.05) is 31.1 Å². The summed E-state index contributed by atoms with van der Waals surface area (Å²) >= 11 is 0. The predicted molar refractivity (Wildman–Crippen MR) is 76.7 cm³/mol. The van der Waals surface area contributed by atoms with Crippen molar-refractivity contribution < 1.29 is 9.53 Å². The summed E-state index contributed by atoms with van der Waals surface area (Å²) in [4.78, 5) is 18.5. The number of benzene rings is 1. The van der Waals surface area contributed by atoms with Gasteiger partial charge in [0.1, 0.15) is 5.69 Å². The standard InChI is InChI=1S/C16H16N2O2/c1-20-15-9-11-18(14-8-3-2-6-12(14)15)16(19)13-7-4-5-10-17-13/h2-8,10,15H,9,11H2,1H3. The molecule has 1 aliphatic rings. The third kappa shape index (κ3) is 2.18. The predicted octanol–water partition coefficient (Wildman–Crippen LogP) is 2.82. The summed E-state index contributed by atoms with van der Waals surface area (Å²) in [7, 11) is 1.71. The number of amides is 1. The number of methoxy groups -OCH3 is 1. The Morgan fingerprint density at radius 2 is 2.05 bits per heavy atom. The largest absolute Gasteiger partial charge is 0.377 e. The maximum absolute atomic E-state index is 12.6. The number of pyridine rings is 1. The molecule has 4 heteroatoms. The number of rotatable bonds is 2. The number of para-hydroxylation sites is 1. The Bertz CT molecular complexity index is 613. The van der Waals surface area contributed by atoms with Crippen LogP contribution in [0, 0.1) is 0 Å². The molecule has 1 unspecified atom stereocenters. The van der Waals surface area contributed by atoms with Gasteiger partial charge < -0.3 is 9.64 Å². The van der Waals surface area contributed by atoms with E-state index in [4.69, 9.17) is 4.74 Å². The minimum Gasteiger partial charge on any atom is -0.377 e. The summed E-state index contributed by atoms with van der Waals surface area (Å²) in [5.74, 6) is -0.0624. The molecule has 2 heterocycles. The smallest absolute Gasteiger partial charge is 0.276 e. The van der Waals surface area contributed by atoms with Crippen LogP contribution >= 0.6 is 0 Å². The van der Waals surface area contributed by atoms with E-state index in [1.54, 1.807) is 24.3 Å². The molecule has 0 aliphatic carbocycles. The molecule has 1 amide bonds. The maximum atomic E-state index is 12.6. The molecular weight excluding hydrogens is 252 g/mol. The Morgan fingerprint density at radius 3 is 2.80 bits per heavy atom. The second-order valence-electron chi connectivity index (χ2n) is 4.74. The number of aromatic nitrogens is 1. The lowest BCUT2D eigenvalue weighted by Crippen LogP contribution is -2.37. The van der Waals surface area contributed by atoms with Gasteiger partial charge >= 0.3 is 0 Å². The SMILES string of the molecule is COC1CCN(C(=O)c2ccccn2)c2ccccc21. The van der Waals surface area contributed by atoms with Crippen LogP contribution in [0.25, 0.3) is 0 Å². The van der Waals surface area contributed by atoms with Crippen LogP contribution in [0.2, 0.25) is 0 Å². The molecular formula is C16H16N2O2. The van der Waals surface area contributed by atoms with Crippen molar-refractivity contribution in [1.29, 1.82) is 0 Å². The lowest BCUT2D eigenvalue weighted by Gasteiger charge is -2.33. The Hall–Kier alpha value is -2.20. The number of anilines is 1. The number of hydrogen-bond donors (Lipinski definition) is 0. The van der Waals surface area contributed by atoms with Crippen LogP contribution in [0.5, 0.6) is 0 Å². The summed E-state index contributed by atoms with van der Waals surface area (Å²) in [6.07, 6.45) is 2.49. The highest BCUT2D eigenvalue weighted by Crippen LogP contribution is 2.35. The van der Waals surface area contributed by atoms with Crippen molar-refractivity contribution in [1.82, 2.24) is 4.98 Å². The Kier molecular flexibility index (Phi) is 3.48. The van der Waals surface area contributed by atoms with E-state index in [-0.39, 0.29) is 12.0 Å². The first-order valence-corrected chi connectivity index (χ1v) is 6.66. The molecule has 0 N–H and O–H groups in total. The number of carbonyl (C=O) groups is 1. The topological polar surface area (TPSA) is 42.4 Å². The number of fused-ring (bicyclic) bond motifs is 1. The van der Waals surface area contributed by atoms with E-state index in [1.807, 2.05) is 36.4 Å². The van der Waals surface area contributed by atoms with Gasteiger partial charge in [-0.1, -0.05) is 24.3 Å². The first-order valence-electron chi connectivity index (χ1n) is 6.66. The minimum atomic E-state index is -0.0624. The van der Waals surface area contributed by atoms with Crippen molar-refractivity contribution in [3.63, 3.8) is 0 Å². The lowest BCUT2D eigenvalue weighted by atomic mass is 9.98. The van der Waals surface area contributed by atoms with E-state index in [0.717, 1.165) is 17.7 Å².